The quantitative estimate of drug-likeness (QED) is 0.440. The largest absolute Gasteiger partial charge is 0.353 e. The average molecular weight is 440 g/mol. The van der Waals surface area contributed by atoms with Gasteiger partial charge in [-0.2, -0.15) is 0 Å². The van der Waals surface area contributed by atoms with Gasteiger partial charge in [-0.25, -0.2) is 0 Å². The van der Waals surface area contributed by atoms with Crippen LogP contribution in [0.15, 0.2) is 60.7 Å². The van der Waals surface area contributed by atoms with E-state index in [0.29, 0.717) is 31.5 Å². The first-order valence-electron chi connectivity index (χ1n) is 7.98. The van der Waals surface area contributed by atoms with Gasteiger partial charge in [0.15, 0.2) is 0 Å². The van der Waals surface area contributed by atoms with E-state index in [1.54, 1.807) is 36.4 Å². The van der Waals surface area contributed by atoms with E-state index < -0.39 is 0 Å². The third-order valence-corrected chi connectivity index (χ3v) is 4.99. The van der Waals surface area contributed by atoms with Crippen LogP contribution >= 0.6 is 46.4 Å². The molecule has 0 aliphatic heterocycles. The molecule has 3 aromatic rings. The lowest BCUT2D eigenvalue weighted by Gasteiger charge is -2.15. The number of carbonyl (C=O) groups excluding carboxylic acids is 1. The first-order chi connectivity index (χ1) is 12.9. The highest BCUT2D eigenvalue weighted by Gasteiger charge is 2.12. The number of hydrogen-bond acceptors (Lipinski definition) is 2. The van der Waals surface area contributed by atoms with Crippen molar-refractivity contribution in [2.45, 2.75) is 6.42 Å². The summed E-state index contributed by atoms with van der Waals surface area (Å²) in [5.74, 6) is -0.223. The van der Waals surface area contributed by atoms with Gasteiger partial charge in [0.1, 0.15) is 0 Å². The summed E-state index contributed by atoms with van der Waals surface area (Å²) in [4.78, 5) is 12.5. The fourth-order valence-corrected chi connectivity index (χ4v) is 3.34. The van der Waals surface area contributed by atoms with Crippen molar-refractivity contribution in [3.63, 3.8) is 0 Å². The molecule has 138 valence electrons. The monoisotopic (exact) mass is 438 g/mol. The average Bonchev–Trinajstić information content (AvgIpc) is 2.63. The van der Waals surface area contributed by atoms with Crippen molar-refractivity contribution in [2.24, 2.45) is 0 Å². The van der Waals surface area contributed by atoms with Gasteiger partial charge in [0.25, 0.3) is 0 Å². The second kappa shape index (κ2) is 8.85. The van der Waals surface area contributed by atoms with E-state index >= 15 is 0 Å². The minimum absolute atomic E-state index is 0.133. The standard InChI is InChI=1S/C20H14Cl4N2O/c21-13-8-9-14(22)18(11-13)25-19(27)10-12-4-1-2-7-17(12)26-20-15(23)5-3-6-16(20)24/h1-9,11,26H,10H2,(H,25,27). The Bertz CT molecular complexity index is 971. The number of amides is 1. The maximum atomic E-state index is 12.5. The molecule has 27 heavy (non-hydrogen) atoms. The molecule has 0 radical (unpaired) electrons. The molecular formula is C20H14Cl4N2O. The molecule has 0 spiro atoms. The van der Waals surface area contributed by atoms with Crippen molar-refractivity contribution in [1.29, 1.82) is 0 Å². The van der Waals surface area contributed by atoms with Crippen LogP contribution in [-0.2, 0) is 11.2 Å². The van der Waals surface area contributed by atoms with Gasteiger partial charge >= 0.3 is 0 Å². The lowest BCUT2D eigenvalue weighted by atomic mass is 10.1. The molecule has 1 amide bonds. The second-order valence-electron chi connectivity index (χ2n) is 5.73. The van der Waals surface area contributed by atoms with E-state index in [0.717, 1.165) is 11.3 Å². The molecule has 0 heterocycles. The molecule has 0 aliphatic carbocycles. The first kappa shape index (κ1) is 19.8. The van der Waals surface area contributed by atoms with Crippen molar-refractivity contribution < 1.29 is 4.79 Å². The zero-order valence-electron chi connectivity index (χ0n) is 13.9. The maximum absolute atomic E-state index is 12.5. The van der Waals surface area contributed by atoms with Crippen molar-refractivity contribution >= 4 is 69.4 Å². The smallest absolute Gasteiger partial charge is 0.228 e. The molecule has 3 aromatic carbocycles. The van der Waals surface area contributed by atoms with Crippen LogP contribution < -0.4 is 10.6 Å². The van der Waals surface area contributed by atoms with Gasteiger partial charge in [-0.1, -0.05) is 70.7 Å². The first-order valence-corrected chi connectivity index (χ1v) is 9.49. The highest BCUT2D eigenvalue weighted by atomic mass is 35.5. The van der Waals surface area contributed by atoms with Crippen LogP contribution in [0.2, 0.25) is 20.1 Å². The SMILES string of the molecule is O=C(Cc1ccccc1Nc1c(Cl)cccc1Cl)Nc1cc(Cl)ccc1Cl. The number of anilines is 3. The van der Waals surface area contributed by atoms with Crippen molar-refractivity contribution in [1.82, 2.24) is 0 Å². The fraction of sp³-hybridized carbons (Fsp3) is 0.0500. The molecule has 0 saturated heterocycles. The van der Waals surface area contributed by atoms with Gasteiger partial charge in [0.2, 0.25) is 5.91 Å². The van der Waals surface area contributed by atoms with Crippen LogP contribution in [0.4, 0.5) is 17.1 Å². The Morgan fingerprint density at radius 2 is 1.48 bits per heavy atom. The van der Waals surface area contributed by atoms with Crippen LogP contribution in [0, 0.1) is 0 Å². The van der Waals surface area contributed by atoms with Crippen LogP contribution in [0.5, 0.6) is 0 Å². The third kappa shape index (κ3) is 5.08. The Labute approximate surface area is 177 Å². The summed E-state index contributed by atoms with van der Waals surface area (Å²) < 4.78 is 0. The zero-order chi connectivity index (χ0) is 19.4. The van der Waals surface area contributed by atoms with Crippen LogP contribution in [0.3, 0.4) is 0 Å². The van der Waals surface area contributed by atoms with Gasteiger partial charge < -0.3 is 10.6 Å². The van der Waals surface area contributed by atoms with E-state index in [9.17, 15) is 4.79 Å². The lowest BCUT2D eigenvalue weighted by Crippen LogP contribution is -2.15. The Kier molecular flexibility index (Phi) is 6.51. The maximum Gasteiger partial charge on any atom is 0.228 e. The summed E-state index contributed by atoms with van der Waals surface area (Å²) in [7, 11) is 0. The lowest BCUT2D eigenvalue weighted by molar-refractivity contribution is -0.115. The highest BCUT2D eigenvalue weighted by Crippen LogP contribution is 2.34. The summed E-state index contributed by atoms with van der Waals surface area (Å²) >= 11 is 24.5. The summed E-state index contributed by atoms with van der Waals surface area (Å²) in [5, 5.41) is 7.88. The number of para-hydroxylation sites is 2. The molecule has 2 N–H and O–H groups in total. The summed E-state index contributed by atoms with van der Waals surface area (Å²) in [6, 6.07) is 17.6. The molecule has 7 heteroatoms. The van der Waals surface area contributed by atoms with E-state index in [4.69, 9.17) is 46.4 Å². The molecule has 0 fully saturated rings. The third-order valence-electron chi connectivity index (χ3n) is 3.79. The molecule has 0 atom stereocenters. The topological polar surface area (TPSA) is 41.1 Å². The number of rotatable bonds is 5. The normalized spacial score (nSPS) is 10.5. The molecule has 3 rings (SSSR count). The zero-order valence-corrected chi connectivity index (χ0v) is 16.9. The van der Waals surface area contributed by atoms with Crippen LogP contribution in [-0.4, -0.2) is 5.91 Å². The van der Waals surface area contributed by atoms with Gasteiger partial charge in [-0.05, 0) is 42.0 Å². The van der Waals surface area contributed by atoms with Crippen molar-refractivity contribution in [2.75, 3.05) is 10.6 Å². The molecule has 0 aliphatic rings. The van der Waals surface area contributed by atoms with Crippen LogP contribution in [0.1, 0.15) is 5.56 Å². The number of carbonyl (C=O) groups is 1. The van der Waals surface area contributed by atoms with Crippen molar-refractivity contribution in [3.8, 4) is 0 Å². The van der Waals surface area contributed by atoms with Gasteiger partial charge in [-0.15, -0.1) is 0 Å². The molecule has 0 unspecified atom stereocenters. The Balaban J connectivity index is 1.80. The number of benzene rings is 3. The predicted octanol–water partition coefficient (Wildman–Crippen LogP) is 7.23. The molecule has 3 nitrogen and oxygen atoms in total. The Hall–Kier alpha value is -1.91. The van der Waals surface area contributed by atoms with Crippen LogP contribution in [0.25, 0.3) is 0 Å². The second-order valence-corrected chi connectivity index (χ2v) is 7.39. The van der Waals surface area contributed by atoms with Gasteiger partial charge in [0.05, 0.1) is 32.9 Å². The van der Waals surface area contributed by atoms with E-state index in [1.165, 1.54) is 0 Å². The minimum Gasteiger partial charge on any atom is -0.353 e. The van der Waals surface area contributed by atoms with E-state index in [1.807, 2.05) is 24.3 Å². The molecule has 0 aromatic heterocycles. The fourth-order valence-electron chi connectivity index (χ4n) is 2.51. The highest BCUT2D eigenvalue weighted by molar-refractivity contribution is 6.39. The summed E-state index contributed by atoms with van der Waals surface area (Å²) in [6.07, 6.45) is 0.133. The molecule has 0 saturated carbocycles. The minimum atomic E-state index is -0.223. The molecular weight excluding hydrogens is 426 g/mol. The Morgan fingerprint density at radius 3 is 2.22 bits per heavy atom. The predicted molar refractivity (Wildman–Crippen MR) is 115 cm³/mol. The van der Waals surface area contributed by atoms with Gasteiger partial charge in [0, 0.05) is 10.7 Å². The van der Waals surface area contributed by atoms with E-state index in [2.05, 4.69) is 10.6 Å². The number of hydrogen-bond donors (Lipinski definition) is 2. The molecule has 0 bridgehead atoms. The van der Waals surface area contributed by atoms with Gasteiger partial charge in [-0.3, -0.25) is 4.79 Å². The number of nitrogens with one attached hydrogen (secondary N) is 2. The summed E-state index contributed by atoms with van der Waals surface area (Å²) in [6.45, 7) is 0. The van der Waals surface area contributed by atoms with Crippen molar-refractivity contribution in [3.05, 3.63) is 86.3 Å². The number of halogens is 4. The summed E-state index contributed by atoms with van der Waals surface area (Å²) in [5.41, 5.74) is 2.57. The Morgan fingerprint density at radius 1 is 0.778 bits per heavy atom. The van der Waals surface area contributed by atoms with E-state index in [-0.39, 0.29) is 12.3 Å².